The van der Waals surface area contributed by atoms with Crippen LogP contribution in [0.3, 0.4) is 0 Å². The van der Waals surface area contributed by atoms with Crippen LogP contribution in [0.2, 0.25) is 0 Å². The summed E-state index contributed by atoms with van der Waals surface area (Å²) in [6.07, 6.45) is -0.767. The number of halogens is 3. The van der Waals surface area contributed by atoms with E-state index in [0.717, 1.165) is 27.9 Å². The van der Waals surface area contributed by atoms with Gasteiger partial charge in [0.25, 0.3) is 5.91 Å². The smallest absolute Gasteiger partial charge is 0.366 e. The zero-order valence-corrected chi connectivity index (χ0v) is 32.8. The molecule has 14 nitrogen and oxygen atoms in total. The summed E-state index contributed by atoms with van der Waals surface area (Å²) in [6, 6.07) is 8.76. The van der Waals surface area contributed by atoms with Gasteiger partial charge >= 0.3 is 13.3 Å². The topological polar surface area (TPSA) is 195 Å². The molecule has 3 aromatic rings. The summed E-state index contributed by atoms with van der Waals surface area (Å²) in [5.74, 6) is -2.58. The fourth-order valence-electron chi connectivity index (χ4n) is 5.69. The standard InChI is InChI=1S/C34H41BrF2N5O9PS/c1-33(2,3)29(40-30(45)26-15-19-14-20(6-11-25(19)53-26)34(36,37)52(48,49)50)32(47)42-17-23(51-18-28(44)39-5)16-24(42)31(46)41(13-12-27(43)38-4)22-9-7-21(35)8-10-22/h6-11,14-15,23-24,29H,12-13,16-18H2,1-5H3,(H,38,43)(H,39,44)(H,40,45)(H2,48,49,50)/t23-,24-,29?/m0/s1. The molecule has 1 aliphatic rings. The van der Waals surface area contributed by atoms with Crippen molar-refractivity contribution in [2.24, 2.45) is 5.41 Å². The highest BCUT2D eigenvalue weighted by molar-refractivity contribution is 9.10. The zero-order chi connectivity index (χ0) is 39.5. The van der Waals surface area contributed by atoms with Gasteiger partial charge in [0, 0.05) is 60.4 Å². The summed E-state index contributed by atoms with van der Waals surface area (Å²) >= 11 is 4.31. The first-order valence-electron chi connectivity index (χ1n) is 16.4. The second-order valence-corrected chi connectivity index (χ2v) is 17.1. The Bertz CT molecular complexity index is 1920. The van der Waals surface area contributed by atoms with E-state index in [1.54, 1.807) is 45.0 Å². The van der Waals surface area contributed by atoms with E-state index in [1.165, 1.54) is 36.0 Å². The SMILES string of the molecule is CNC(=O)CCN(C(=O)[C@@H]1C[C@H](OCC(=O)NC)CN1C(=O)C(NC(=O)c1cc2cc(C(F)(F)P(=O)(O)O)ccc2s1)C(C)(C)C)c1ccc(Br)cc1. The van der Waals surface area contributed by atoms with Gasteiger partial charge in [-0.25, -0.2) is 0 Å². The lowest BCUT2D eigenvalue weighted by Crippen LogP contribution is -2.58. The maximum absolute atomic E-state index is 14.5. The van der Waals surface area contributed by atoms with Crippen molar-refractivity contribution >= 4 is 80.2 Å². The molecule has 4 rings (SSSR count). The van der Waals surface area contributed by atoms with Crippen LogP contribution in [-0.2, 0) is 34.1 Å². The highest BCUT2D eigenvalue weighted by Gasteiger charge is 2.50. The third-order valence-corrected chi connectivity index (χ3v) is 11.3. The lowest BCUT2D eigenvalue weighted by atomic mass is 9.85. The molecule has 0 spiro atoms. The third kappa shape index (κ3) is 9.85. The van der Waals surface area contributed by atoms with Crippen molar-refractivity contribution in [2.45, 2.75) is 57.5 Å². The van der Waals surface area contributed by atoms with E-state index in [9.17, 15) is 47.1 Å². The number of anilines is 1. The predicted octanol–water partition coefficient (Wildman–Crippen LogP) is 3.94. The van der Waals surface area contributed by atoms with Crippen molar-refractivity contribution in [3.05, 3.63) is 63.4 Å². The second kappa shape index (κ2) is 16.7. The molecule has 53 heavy (non-hydrogen) atoms. The molecule has 1 saturated heterocycles. The molecule has 1 fully saturated rings. The van der Waals surface area contributed by atoms with Crippen LogP contribution in [0.25, 0.3) is 10.1 Å². The van der Waals surface area contributed by atoms with Gasteiger partial charge in [0.1, 0.15) is 18.7 Å². The predicted molar refractivity (Wildman–Crippen MR) is 198 cm³/mol. The molecule has 0 saturated carbocycles. The van der Waals surface area contributed by atoms with Gasteiger partial charge < -0.3 is 40.3 Å². The van der Waals surface area contributed by atoms with Crippen molar-refractivity contribution in [1.82, 2.24) is 20.9 Å². The number of carbonyl (C=O) groups excluding carboxylic acids is 5. The molecule has 3 atom stereocenters. The van der Waals surface area contributed by atoms with Gasteiger partial charge in [-0.15, -0.1) is 11.3 Å². The van der Waals surface area contributed by atoms with E-state index < -0.39 is 66.1 Å². The van der Waals surface area contributed by atoms with Crippen molar-refractivity contribution in [1.29, 1.82) is 0 Å². The molecular formula is C34H41BrF2N5O9PS. The Balaban J connectivity index is 1.67. The summed E-state index contributed by atoms with van der Waals surface area (Å²) < 4.78 is 47.2. The minimum atomic E-state index is -5.83. The number of nitrogens with one attached hydrogen (secondary N) is 3. The maximum atomic E-state index is 14.5. The number of nitrogens with zero attached hydrogens (tertiary/aromatic N) is 2. The minimum Gasteiger partial charge on any atom is -0.366 e. The van der Waals surface area contributed by atoms with Crippen molar-refractivity contribution in [2.75, 3.05) is 38.7 Å². The van der Waals surface area contributed by atoms with Gasteiger partial charge in [0.2, 0.25) is 23.6 Å². The van der Waals surface area contributed by atoms with E-state index in [2.05, 4.69) is 31.9 Å². The lowest BCUT2D eigenvalue weighted by molar-refractivity contribution is -0.141. The van der Waals surface area contributed by atoms with Crippen LogP contribution in [0, 0.1) is 5.41 Å². The number of ether oxygens (including phenoxy) is 1. The second-order valence-electron chi connectivity index (χ2n) is 13.5. The maximum Gasteiger partial charge on any atom is 0.399 e. The van der Waals surface area contributed by atoms with Gasteiger partial charge in [0.15, 0.2) is 0 Å². The molecule has 0 aliphatic carbocycles. The minimum absolute atomic E-state index is 0.0112. The number of amides is 5. The lowest BCUT2D eigenvalue weighted by Gasteiger charge is -2.36. The summed E-state index contributed by atoms with van der Waals surface area (Å²) in [5, 5.41) is 7.87. The molecule has 5 N–H and O–H groups in total. The Hall–Kier alpha value is -3.80. The molecule has 288 valence electrons. The van der Waals surface area contributed by atoms with Crippen LogP contribution < -0.4 is 20.9 Å². The number of rotatable bonds is 13. The Kier molecular flexibility index (Phi) is 13.2. The highest BCUT2D eigenvalue weighted by Crippen LogP contribution is 2.59. The first-order chi connectivity index (χ1) is 24.7. The van der Waals surface area contributed by atoms with Gasteiger partial charge in [-0.05, 0) is 53.3 Å². The van der Waals surface area contributed by atoms with Crippen LogP contribution >= 0.6 is 34.9 Å². The van der Waals surface area contributed by atoms with Crippen LogP contribution in [0.4, 0.5) is 14.5 Å². The molecule has 5 amide bonds. The number of alkyl halides is 2. The molecule has 0 radical (unpaired) electrons. The Morgan fingerprint density at radius 3 is 2.26 bits per heavy atom. The number of hydrogen-bond acceptors (Lipinski definition) is 8. The van der Waals surface area contributed by atoms with Crippen molar-refractivity contribution in [3.8, 4) is 0 Å². The van der Waals surface area contributed by atoms with Crippen LogP contribution in [-0.4, -0.2) is 96.2 Å². The van der Waals surface area contributed by atoms with Crippen LogP contribution in [0.5, 0.6) is 0 Å². The number of carbonyl (C=O) groups is 5. The van der Waals surface area contributed by atoms with E-state index in [0.29, 0.717) is 10.4 Å². The summed E-state index contributed by atoms with van der Waals surface area (Å²) in [7, 11) is -2.92. The van der Waals surface area contributed by atoms with E-state index >= 15 is 0 Å². The zero-order valence-electron chi connectivity index (χ0n) is 29.5. The molecule has 2 aromatic carbocycles. The fraction of sp³-hybridized carbons (Fsp3) is 0.441. The monoisotopic (exact) mass is 843 g/mol. The quantitative estimate of drug-likeness (QED) is 0.159. The highest BCUT2D eigenvalue weighted by atomic mass is 79.9. The summed E-state index contributed by atoms with van der Waals surface area (Å²) in [6.45, 7) is 4.68. The molecule has 2 heterocycles. The Morgan fingerprint density at radius 2 is 1.68 bits per heavy atom. The van der Waals surface area contributed by atoms with E-state index in [-0.39, 0.29) is 48.7 Å². The van der Waals surface area contributed by atoms with Crippen LogP contribution in [0.15, 0.2) is 53.0 Å². The largest absolute Gasteiger partial charge is 0.399 e. The number of benzene rings is 2. The molecule has 1 aromatic heterocycles. The van der Waals surface area contributed by atoms with Gasteiger partial charge in [-0.2, -0.15) is 8.78 Å². The van der Waals surface area contributed by atoms with Gasteiger partial charge in [0.05, 0.1) is 11.0 Å². The van der Waals surface area contributed by atoms with Crippen LogP contribution in [0.1, 0.15) is 48.8 Å². The number of hydrogen-bond donors (Lipinski definition) is 5. The average molecular weight is 845 g/mol. The number of likely N-dealkylation sites (N-methyl/N-ethyl adjacent to an activating group) is 1. The number of likely N-dealkylation sites (tertiary alicyclic amines) is 1. The van der Waals surface area contributed by atoms with Gasteiger partial charge in [-0.1, -0.05) is 42.8 Å². The third-order valence-electron chi connectivity index (χ3n) is 8.65. The van der Waals surface area contributed by atoms with Gasteiger partial charge in [-0.3, -0.25) is 28.5 Å². The van der Waals surface area contributed by atoms with Crippen molar-refractivity contribution < 1.29 is 51.8 Å². The number of thiophene rings is 1. The molecule has 1 aliphatic heterocycles. The Morgan fingerprint density at radius 1 is 1.04 bits per heavy atom. The first kappa shape index (κ1) is 41.9. The first-order valence-corrected chi connectivity index (χ1v) is 19.6. The molecule has 19 heteroatoms. The number of fused-ring (bicyclic) bond motifs is 1. The molecule has 0 bridgehead atoms. The van der Waals surface area contributed by atoms with Crippen molar-refractivity contribution in [3.63, 3.8) is 0 Å². The summed E-state index contributed by atoms with van der Waals surface area (Å²) in [5.41, 5.74) is -5.83. The normalized spacial score (nSPS) is 17.0. The van der Waals surface area contributed by atoms with E-state index in [4.69, 9.17) is 4.74 Å². The molecule has 1 unspecified atom stereocenters. The molecular weight excluding hydrogens is 803 g/mol. The average Bonchev–Trinajstić information content (AvgIpc) is 3.73. The summed E-state index contributed by atoms with van der Waals surface area (Å²) in [4.78, 5) is 88.0. The Labute approximate surface area is 316 Å². The fourth-order valence-corrected chi connectivity index (χ4v) is 7.38. The van der Waals surface area contributed by atoms with E-state index in [1.807, 2.05) is 0 Å².